The zero-order valence-electron chi connectivity index (χ0n) is 9.80. The van der Waals surface area contributed by atoms with E-state index in [0.29, 0.717) is 4.90 Å². The maximum atomic E-state index is 12.5. The molecule has 1 aromatic heterocycles. The standard InChI is InChI=1S/C12H15NO2S2/c1-12(2,8-13)17(14,15)11-7-16-10-6-4-3-5-9(10)11/h3-7H,8,13H2,1-2H3. The second-order valence-corrected chi connectivity index (χ2v) is 8.03. The van der Waals surface area contributed by atoms with E-state index in [4.69, 9.17) is 5.73 Å². The molecule has 2 aromatic rings. The molecule has 5 heteroatoms. The summed E-state index contributed by atoms with van der Waals surface area (Å²) in [6, 6.07) is 7.52. The van der Waals surface area contributed by atoms with Crippen molar-refractivity contribution in [3.8, 4) is 0 Å². The van der Waals surface area contributed by atoms with Crippen LogP contribution >= 0.6 is 11.3 Å². The van der Waals surface area contributed by atoms with Gasteiger partial charge in [0.05, 0.1) is 9.64 Å². The lowest BCUT2D eigenvalue weighted by Gasteiger charge is -2.22. The monoisotopic (exact) mass is 269 g/mol. The molecule has 0 aliphatic heterocycles. The first-order valence-corrected chi connectivity index (χ1v) is 7.67. The third-order valence-corrected chi connectivity index (χ3v) is 6.61. The summed E-state index contributed by atoms with van der Waals surface area (Å²) < 4.78 is 25.0. The number of benzene rings is 1. The van der Waals surface area contributed by atoms with Crippen LogP contribution in [-0.2, 0) is 9.84 Å². The smallest absolute Gasteiger partial charge is 0.186 e. The topological polar surface area (TPSA) is 60.2 Å². The van der Waals surface area contributed by atoms with Crippen molar-refractivity contribution in [2.75, 3.05) is 6.54 Å². The van der Waals surface area contributed by atoms with Crippen LogP contribution in [-0.4, -0.2) is 19.7 Å². The van der Waals surface area contributed by atoms with Gasteiger partial charge < -0.3 is 5.73 Å². The van der Waals surface area contributed by atoms with Gasteiger partial charge in [0, 0.05) is 22.0 Å². The van der Waals surface area contributed by atoms with E-state index in [-0.39, 0.29) is 6.54 Å². The van der Waals surface area contributed by atoms with E-state index >= 15 is 0 Å². The predicted octanol–water partition coefficient (Wildman–Crippen LogP) is 2.41. The van der Waals surface area contributed by atoms with Gasteiger partial charge in [0.2, 0.25) is 0 Å². The van der Waals surface area contributed by atoms with Crippen LogP contribution in [0.3, 0.4) is 0 Å². The van der Waals surface area contributed by atoms with Crippen LogP contribution in [0.5, 0.6) is 0 Å². The van der Waals surface area contributed by atoms with Crippen LogP contribution in [0.1, 0.15) is 13.8 Å². The molecule has 0 aliphatic rings. The molecule has 3 nitrogen and oxygen atoms in total. The van der Waals surface area contributed by atoms with Crippen molar-refractivity contribution < 1.29 is 8.42 Å². The molecule has 0 amide bonds. The Labute approximate surface area is 105 Å². The number of sulfone groups is 1. The third-order valence-electron chi connectivity index (χ3n) is 2.95. The zero-order valence-corrected chi connectivity index (χ0v) is 11.4. The van der Waals surface area contributed by atoms with Gasteiger partial charge in [-0.25, -0.2) is 8.42 Å². The summed E-state index contributed by atoms with van der Waals surface area (Å²) in [7, 11) is -3.39. The minimum Gasteiger partial charge on any atom is -0.329 e. The molecule has 1 aromatic carbocycles. The highest BCUT2D eigenvalue weighted by Crippen LogP contribution is 2.34. The molecule has 0 saturated carbocycles. The van der Waals surface area contributed by atoms with Crippen molar-refractivity contribution >= 4 is 31.3 Å². The van der Waals surface area contributed by atoms with Gasteiger partial charge in [-0.05, 0) is 19.9 Å². The number of hydrogen-bond acceptors (Lipinski definition) is 4. The molecule has 92 valence electrons. The molecule has 17 heavy (non-hydrogen) atoms. The molecule has 0 radical (unpaired) electrons. The van der Waals surface area contributed by atoms with E-state index in [9.17, 15) is 8.42 Å². The van der Waals surface area contributed by atoms with Crippen molar-refractivity contribution in [3.63, 3.8) is 0 Å². The lowest BCUT2D eigenvalue weighted by molar-refractivity contribution is 0.550. The van der Waals surface area contributed by atoms with Gasteiger partial charge in [0.15, 0.2) is 9.84 Å². The fraction of sp³-hybridized carbons (Fsp3) is 0.333. The van der Waals surface area contributed by atoms with E-state index in [1.54, 1.807) is 19.2 Å². The molecule has 1 heterocycles. The van der Waals surface area contributed by atoms with E-state index in [1.807, 2.05) is 24.3 Å². The summed E-state index contributed by atoms with van der Waals surface area (Å²) in [6.07, 6.45) is 0. The maximum absolute atomic E-state index is 12.5. The fourth-order valence-electron chi connectivity index (χ4n) is 1.57. The molecule has 0 saturated heterocycles. The first kappa shape index (κ1) is 12.5. The number of nitrogens with two attached hydrogens (primary N) is 1. The predicted molar refractivity (Wildman–Crippen MR) is 72.1 cm³/mol. The quantitative estimate of drug-likeness (QED) is 0.931. The Bertz CT molecular complexity index is 641. The summed E-state index contributed by atoms with van der Waals surface area (Å²) in [5.41, 5.74) is 5.57. The van der Waals surface area contributed by atoms with E-state index in [2.05, 4.69) is 0 Å². The Kier molecular flexibility index (Phi) is 3.01. The van der Waals surface area contributed by atoms with Crippen LogP contribution in [0.15, 0.2) is 34.5 Å². The van der Waals surface area contributed by atoms with Crippen LogP contribution in [0.2, 0.25) is 0 Å². The molecule has 0 spiro atoms. The molecular weight excluding hydrogens is 254 g/mol. The number of thiophene rings is 1. The Morgan fingerprint density at radius 2 is 1.94 bits per heavy atom. The van der Waals surface area contributed by atoms with Crippen molar-refractivity contribution in [2.45, 2.75) is 23.5 Å². The average Bonchev–Trinajstić information content (AvgIpc) is 2.72. The first-order valence-electron chi connectivity index (χ1n) is 5.31. The van der Waals surface area contributed by atoms with Gasteiger partial charge in [0.25, 0.3) is 0 Å². The van der Waals surface area contributed by atoms with Gasteiger partial charge in [0.1, 0.15) is 0 Å². The van der Waals surface area contributed by atoms with Crippen LogP contribution in [0.4, 0.5) is 0 Å². The van der Waals surface area contributed by atoms with Crippen molar-refractivity contribution in [1.29, 1.82) is 0 Å². The van der Waals surface area contributed by atoms with Gasteiger partial charge in [-0.3, -0.25) is 0 Å². The summed E-state index contributed by atoms with van der Waals surface area (Å²) in [5.74, 6) is 0. The highest BCUT2D eigenvalue weighted by molar-refractivity contribution is 7.93. The van der Waals surface area contributed by atoms with Crippen molar-refractivity contribution in [3.05, 3.63) is 29.6 Å². The molecule has 0 bridgehead atoms. The summed E-state index contributed by atoms with van der Waals surface area (Å²) in [4.78, 5) is 0.397. The first-order chi connectivity index (χ1) is 7.90. The highest BCUT2D eigenvalue weighted by atomic mass is 32.2. The molecular formula is C12H15NO2S2. The number of rotatable bonds is 3. The van der Waals surface area contributed by atoms with E-state index in [1.165, 1.54) is 11.3 Å². The summed E-state index contributed by atoms with van der Waals surface area (Å²) >= 11 is 1.45. The molecule has 0 atom stereocenters. The number of fused-ring (bicyclic) bond motifs is 1. The van der Waals surface area contributed by atoms with Crippen molar-refractivity contribution in [1.82, 2.24) is 0 Å². The van der Waals surface area contributed by atoms with Gasteiger partial charge in [-0.1, -0.05) is 18.2 Å². The zero-order chi connectivity index (χ0) is 12.7. The molecule has 2 N–H and O–H groups in total. The number of hydrogen-bond donors (Lipinski definition) is 1. The largest absolute Gasteiger partial charge is 0.329 e. The van der Waals surface area contributed by atoms with E-state index in [0.717, 1.165) is 10.1 Å². The summed E-state index contributed by atoms with van der Waals surface area (Å²) in [5, 5.41) is 2.50. The minimum absolute atomic E-state index is 0.111. The van der Waals surface area contributed by atoms with E-state index < -0.39 is 14.6 Å². The summed E-state index contributed by atoms with van der Waals surface area (Å²) in [6.45, 7) is 3.43. The molecule has 0 unspecified atom stereocenters. The van der Waals surface area contributed by atoms with Gasteiger partial charge in [-0.15, -0.1) is 11.3 Å². The second-order valence-electron chi connectivity index (χ2n) is 4.56. The van der Waals surface area contributed by atoms with Gasteiger partial charge in [-0.2, -0.15) is 0 Å². The SMILES string of the molecule is CC(C)(CN)S(=O)(=O)c1csc2ccccc12. The second kappa shape index (κ2) is 4.08. The van der Waals surface area contributed by atoms with Gasteiger partial charge >= 0.3 is 0 Å². The van der Waals surface area contributed by atoms with Crippen LogP contribution in [0, 0.1) is 0 Å². The Morgan fingerprint density at radius 3 is 2.59 bits per heavy atom. The van der Waals surface area contributed by atoms with Crippen molar-refractivity contribution in [2.24, 2.45) is 5.73 Å². The Balaban J connectivity index is 2.70. The normalized spacial score (nSPS) is 13.1. The molecule has 2 rings (SSSR count). The lowest BCUT2D eigenvalue weighted by atomic mass is 10.2. The minimum atomic E-state index is -3.39. The average molecular weight is 269 g/mol. The Hall–Kier alpha value is -0.910. The molecule has 0 aliphatic carbocycles. The fourth-order valence-corrected chi connectivity index (χ4v) is 4.39. The highest BCUT2D eigenvalue weighted by Gasteiger charge is 2.35. The lowest BCUT2D eigenvalue weighted by Crippen LogP contribution is -2.39. The molecule has 0 fully saturated rings. The van der Waals surface area contributed by atoms with Crippen LogP contribution < -0.4 is 5.73 Å². The maximum Gasteiger partial charge on any atom is 0.186 e. The Morgan fingerprint density at radius 1 is 1.29 bits per heavy atom. The third kappa shape index (κ3) is 1.88. The van der Waals surface area contributed by atoms with Crippen LogP contribution in [0.25, 0.3) is 10.1 Å².